The number of nitrogens with one attached hydrogen (secondary N) is 2. The van der Waals surface area contributed by atoms with Crippen LogP contribution in [0.25, 0.3) is 0 Å². The molecular weight excluding hydrogens is 522 g/mol. The van der Waals surface area contributed by atoms with E-state index in [1.807, 2.05) is 48.5 Å². The Morgan fingerprint density at radius 1 is 1.00 bits per heavy atom. The summed E-state index contributed by atoms with van der Waals surface area (Å²) in [4.78, 5) is 55.0. The number of cyclic esters (lactones) is 1. The van der Waals surface area contributed by atoms with Gasteiger partial charge in [0.05, 0.1) is 24.6 Å². The molecule has 3 amide bonds. The number of benzene rings is 2. The predicted molar refractivity (Wildman–Crippen MR) is 153 cm³/mol. The van der Waals surface area contributed by atoms with Crippen molar-refractivity contribution >= 4 is 23.7 Å². The van der Waals surface area contributed by atoms with Gasteiger partial charge in [0.25, 0.3) is 0 Å². The van der Waals surface area contributed by atoms with Crippen LogP contribution in [0.4, 0.5) is 0 Å². The molecule has 0 saturated carbocycles. The third-order valence-electron chi connectivity index (χ3n) is 7.70. The van der Waals surface area contributed by atoms with E-state index >= 15 is 0 Å². The highest BCUT2D eigenvalue weighted by Gasteiger charge is 2.34. The molecule has 218 valence electrons. The number of hydrogen-bond donors (Lipinski definition) is 3. The van der Waals surface area contributed by atoms with Crippen molar-refractivity contribution in [1.29, 1.82) is 0 Å². The molecule has 0 spiro atoms. The van der Waals surface area contributed by atoms with E-state index in [0.29, 0.717) is 18.7 Å². The molecule has 3 N–H and O–H groups in total. The first kappa shape index (κ1) is 30.0. The van der Waals surface area contributed by atoms with Crippen LogP contribution in [-0.4, -0.2) is 59.4 Å². The maximum Gasteiger partial charge on any atom is 0.310 e. The maximum absolute atomic E-state index is 13.4. The quantitative estimate of drug-likeness (QED) is 0.271. The van der Waals surface area contributed by atoms with Gasteiger partial charge in [-0.3, -0.25) is 19.2 Å². The lowest BCUT2D eigenvalue weighted by molar-refractivity contribution is -0.159. The fourth-order valence-electron chi connectivity index (χ4n) is 5.31. The summed E-state index contributed by atoms with van der Waals surface area (Å²) < 4.78 is 5.99. The summed E-state index contributed by atoms with van der Waals surface area (Å²) in [6, 6.07) is 16.8. The Kier molecular flexibility index (Phi) is 10.7. The SMILES string of the molecule is C[C@@H]1NC(=O)C(C(=O)N[C@@H](CO)c2ccccc2)CC=CCC(CC(=O)N2CCCC2)C(=O)OC1c1ccccc1. The minimum Gasteiger partial charge on any atom is -0.455 e. The van der Waals surface area contributed by atoms with Gasteiger partial charge in [-0.2, -0.15) is 0 Å². The van der Waals surface area contributed by atoms with Gasteiger partial charge >= 0.3 is 5.97 Å². The molecule has 2 aliphatic rings. The van der Waals surface area contributed by atoms with E-state index in [-0.39, 0.29) is 31.8 Å². The lowest BCUT2D eigenvalue weighted by atomic mass is 9.95. The molecular formula is C32H39N3O6. The summed E-state index contributed by atoms with van der Waals surface area (Å²) in [5, 5.41) is 15.6. The molecule has 2 aromatic rings. The number of likely N-dealkylation sites (tertiary alicyclic amines) is 1. The number of rotatable bonds is 7. The number of esters is 1. The summed E-state index contributed by atoms with van der Waals surface area (Å²) in [6.45, 7) is 2.79. The molecule has 5 atom stereocenters. The molecule has 1 fully saturated rings. The smallest absolute Gasteiger partial charge is 0.310 e. The zero-order chi connectivity index (χ0) is 29.2. The van der Waals surface area contributed by atoms with Crippen molar-refractivity contribution in [1.82, 2.24) is 15.5 Å². The summed E-state index contributed by atoms with van der Waals surface area (Å²) >= 11 is 0. The molecule has 9 heteroatoms. The first-order valence-corrected chi connectivity index (χ1v) is 14.3. The fraction of sp³-hybridized carbons (Fsp3) is 0.438. The van der Waals surface area contributed by atoms with Gasteiger partial charge in [0, 0.05) is 19.5 Å². The topological polar surface area (TPSA) is 125 Å². The standard InChI is InChI=1S/C32H39N3O6/c1-22-29(24-14-6-3-7-15-24)41-32(40)25(20-28(37)35-18-10-11-19-35)16-8-9-17-26(30(38)33-22)31(39)34-27(21-36)23-12-4-2-5-13-23/h2-9,12-15,22,25-27,29,36H,10-11,16-21H2,1H3,(H,33,38)(H,34,39)/t22-,25?,26?,27-,29?/m0/s1. The molecule has 0 aliphatic carbocycles. The third kappa shape index (κ3) is 8.04. The summed E-state index contributed by atoms with van der Waals surface area (Å²) in [5.74, 6) is -3.38. The summed E-state index contributed by atoms with van der Waals surface area (Å²) in [7, 11) is 0. The van der Waals surface area contributed by atoms with Crippen molar-refractivity contribution in [3.8, 4) is 0 Å². The Labute approximate surface area is 240 Å². The zero-order valence-electron chi connectivity index (χ0n) is 23.4. The van der Waals surface area contributed by atoms with Crippen LogP contribution in [0.3, 0.4) is 0 Å². The number of carbonyl (C=O) groups is 4. The number of nitrogens with zero attached hydrogens (tertiary/aromatic N) is 1. The van der Waals surface area contributed by atoms with E-state index in [2.05, 4.69) is 10.6 Å². The normalized spacial score (nSPS) is 24.4. The number of hydrogen-bond acceptors (Lipinski definition) is 6. The largest absolute Gasteiger partial charge is 0.455 e. The maximum atomic E-state index is 13.4. The average molecular weight is 562 g/mol. The fourth-order valence-corrected chi connectivity index (χ4v) is 5.31. The Balaban J connectivity index is 1.58. The van der Waals surface area contributed by atoms with E-state index in [4.69, 9.17) is 4.74 Å². The number of ether oxygens (including phenoxy) is 1. The molecule has 3 unspecified atom stereocenters. The van der Waals surface area contributed by atoms with Gasteiger partial charge < -0.3 is 25.4 Å². The van der Waals surface area contributed by atoms with Gasteiger partial charge in [-0.1, -0.05) is 72.8 Å². The number of allylic oxidation sites excluding steroid dienone is 2. The van der Waals surface area contributed by atoms with Crippen molar-refractivity contribution in [3.63, 3.8) is 0 Å². The molecule has 4 rings (SSSR count). The molecule has 2 heterocycles. The lowest BCUT2D eigenvalue weighted by Crippen LogP contribution is -2.47. The molecule has 0 radical (unpaired) electrons. The van der Waals surface area contributed by atoms with Gasteiger partial charge in [0.15, 0.2) is 0 Å². The Morgan fingerprint density at radius 2 is 1.63 bits per heavy atom. The second-order valence-electron chi connectivity index (χ2n) is 10.7. The second-order valence-corrected chi connectivity index (χ2v) is 10.7. The Hall–Kier alpha value is -3.98. The van der Waals surface area contributed by atoms with Gasteiger partial charge in [-0.25, -0.2) is 0 Å². The van der Waals surface area contributed by atoms with Crippen LogP contribution in [-0.2, 0) is 23.9 Å². The van der Waals surface area contributed by atoms with Gasteiger partial charge in [0.1, 0.15) is 12.0 Å². The second kappa shape index (κ2) is 14.6. The Bertz CT molecular complexity index is 1210. The first-order chi connectivity index (χ1) is 19.9. The van der Waals surface area contributed by atoms with Crippen LogP contribution in [0.5, 0.6) is 0 Å². The van der Waals surface area contributed by atoms with Crippen LogP contribution in [0.2, 0.25) is 0 Å². The van der Waals surface area contributed by atoms with Crippen LogP contribution in [0, 0.1) is 11.8 Å². The Morgan fingerprint density at radius 3 is 2.29 bits per heavy atom. The number of aliphatic hydroxyl groups is 1. The van der Waals surface area contributed by atoms with E-state index in [9.17, 15) is 24.3 Å². The molecule has 9 nitrogen and oxygen atoms in total. The van der Waals surface area contributed by atoms with Crippen molar-refractivity contribution in [3.05, 3.63) is 83.9 Å². The summed E-state index contributed by atoms with van der Waals surface area (Å²) in [6.07, 6.45) is 4.89. The van der Waals surface area contributed by atoms with E-state index in [0.717, 1.165) is 18.4 Å². The first-order valence-electron chi connectivity index (χ1n) is 14.3. The minimum absolute atomic E-state index is 0.0323. The lowest BCUT2D eigenvalue weighted by Gasteiger charge is -2.29. The van der Waals surface area contributed by atoms with Crippen molar-refractivity contribution < 1.29 is 29.0 Å². The summed E-state index contributed by atoms with van der Waals surface area (Å²) in [5.41, 5.74) is 1.42. The van der Waals surface area contributed by atoms with Crippen molar-refractivity contribution in [2.75, 3.05) is 19.7 Å². The van der Waals surface area contributed by atoms with Crippen molar-refractivity contribution in [2.24, 2.45) is 11.8 Å². The predicted octanol–water partition coefficient (Wildman–Crippen LogP) is 3.22. The van der Waals surface area contributed by atoms with Gasteiger partial charge in [0.2, 0.25) is 17.7 Å². The minimum atomic E-state index is -1.08. The monoisotopic (exact) mass is 561 g/mol. The van der Waals surface area contributed by atoms with E-state index < -0.39 is 47.8 Å². The zero-order valence-corrected chi connectivity index (χ0v) is 23.4. The molecule has 2 aliphatic heterocycles. The molecule has 0 bridgehead atoms. The number of amides is 3. The number of aliphatic hydroxyl groups excluding tert-OH is 1. The molecule has 2 aromatic carbocycles. The molecule has 0 aromatic heterocycles. The van der Waals surface area contributed by atoms with Gasteiger partial charge in [-0.05, 0) is 43.7 Å². The highest BCUT2D eigenvalue weighted by Crippen LogP contribution is 2.27. The molecule has 41 heavy (non-hydrogen) atoms. The molecule has 1 saturated heterocycles. The van der Waals surface area contributed by atoms with Crippen LogP contribution < -0.4 is 10.6 Å². The average Bonchev–Trinajstić information content (AvgIpc) is 3.53. The number of carbonyl (C=O) groups excluding carboxylic acids is 4. The van der Waals surface area contributed by atoms with Gasteiger partial charge in [-0.15, -0.1) is 0 Å². The van der Waals surface area contributed by atoms with Crippen LogP contribution >= 0.6 is 0 Å². The van der Waals surface area contributed by atoms with Crippen LogP contribution in [0.15, 0.2) is 72.8 Å². The van der Waals surface area contributed by atoms with E-state index in [1.165, 1.54) is 0 Å². The highest BCUT2D eigenvalue weighted by atomic mass is 16.5. The van der Waals surface area contributed by atoms with Crippen LogP contribution in [0.1, 0.15) is 62.3 Å². The van der Waals surface area contributed by atoms with E-state index in [1.54, 1.807) is 36.1 Å². The highest BCUT2D eigenvalue weighted by molar-refractivity contribution is 6.00. The third-order valence-corrected chi connectivity index (χ3v) is 7.70. The van der Waals surface area contributed by atoms with Crippen molar-refractivity contribution in [2.45, 2.75) is 57.2 Å².